The lowest BCUT2D eigenvalue weighted by Crippen LogP contribution is -2.40. The molecule has 1 saturated carbocycles. The summed E-state index contributed by atoms with van der Waals surface area (Å²) in [5.41, 5.74) is 3.29. The van der Waals surface area contributed by atoms with Gasteiger partial charge in [0.1, 0.15) is 11.4 Å². The van der Waals surface area contributed by atoms with Gasteiger partial charge in [0, 0.05) is 12.6 Å². The number of nitrogens with one attached hydrogen (secondary N) is 4. The second kappa shape index (κ2) is 9.90. The molecule has 1 amide bonds. The van der Waals surface area contributed by atoms with Gasteiger partial charge in [-0.15, -0.1) is 0 Å². The lowest BCUT2D eigenvalue weighted by molar-refractivity contribution is 0.0921. The van der Waals surface area contributed by atoms with Crippen molar-refractivity contribution >= 4 is 11.6 Å². The van der Waals surface area contributed by atoms with E-state index in [0.29, 0.717) is 12.5 Å². The lowest BCUT2D eigenvalue weighted by Gasteiger charge is -2.29. The van der Waals surface area contributed by atoms with Crippen LogP contribution in [0, 0.1) is 13.8 Å². The Labute approximate surface area is 192 Å². The topological polar surface area (TPSA) is 107 Å². The number of amides is 1. The Morgan fingerprint density at radius 2 is 1.61 bits per heavy atom. The molecule has 0 bridgehead atoms. The zero-order chi connectivity index (χ0) is 23.4. The van der Waals surface area contributed by atoms with E-state index in [4.69, 9.17) is 0 Å². The molecular weight excluding hydrogens is 416 g/mol. The van der Waals surface area contributed by atoms with Gasteiger partial charge >= 0.3 is 5.69 Å². The fourth-order valence-corrected chi connectivity index (χ4v) is 4.74. The molecule has 33 heavy (non-hydrogen) atoms. The van der Waals surface area contributed by atoms with Crippen molar-refractivity contribution in [1.29, 1.82) is 0 Å². The van der Waals surface area contributed by atoms with Crippen molar-refractivity contribution in [3.05, 3.63) is 97.3 Å². The molecule has 0 atom stereocenters. The van der Waals surface area contributed by atoms with E-state index in [1.807, 2.05) is 32.0 Å². The van der Waals surface area contributed by atoms with Crippen LogP contribution in [0.5, 0.6) is 0 Å². The lowest BCUT2D eigenvalue weighted by atomic mass is 9.82. The second-order valence-electron chi connectivity index (χ2n) is 8.94. The zero-order valence-corrected chi connectivity index (χ0v) is 19.0. The van der Waals surface area contributed by atoms with Gasteiger partial charge < -0.3 is 15.6 Å². The van der Waals surface area contributed by atoms with Crippen LogP contribution in [0.1, 0.15) is 64.3 Å². The first-order chi connectivity index (χ1) is 15.9. The van der Waals surface area contributed by atoms with Crippen molar-refractivity contribution in [3.8, 4) is 0 Å². The molecule has 2 aromatic carbocycles. The van der Waals surface area contributed by atoms with Crippen LogP contribution >= 0.6 is 0 Å². The highest BCUT2D eigenvalue weighted by molar-refractivity contribution is 5.97. The van der Waals surface area contributed by atoms with Gasteiger partial charge in [-0.2, -0.15) is 0 Å². The number of hydrogen-bond donors (Lipinski definition) is 4. The number of aromatic amines is 2. The summed E-state index contributed by atoms with van der Waals surface area (Å²) in [7, 11) is 0. The van der Waals surface area contributed by atoms with E-state index >= 15 is 0 Å². The maximum Gasteiger partial charge on any atom is 0.326 e. The van der Waals surface area contributed by atoms with Crippen molar-refractivity contribution < 1.29 is 4.79 Å². The average Bonchev–Trinajstić information content (AvgIpc) is 2.78. The predicted molar refractivity (Wildman–Crippen MR) is 130 cm³/mol. The third-order valence-electron chi connectivity index (χ3n) is 6.25. The SMILES string of the molecule is Cc1cc(C)cc(CNc2c(C(=O)NC3CCC(c4ccccc4)CC3)[nH]c(=O)[nH]c2=O)c1. The number of aromatic nitrogens is 2. The maximum absolute atomic E-state index is 13.0. The molecular formula is C26H30N4O3. The molecule has 1 aliphatic carbocycles. The Morgan fingerprint density at radius 3 is 2.27 bits per heavy atom. The third-order valence-corrected chi connectivity index (χ3v) is 6.25. The molecule has 0 saturated heterocycles. The van der Waals surface area contributed by atoms with Crippen LogP contribution in [0.15, 0.2) is 58.1 Å². The summed E-state index contributed by atoms with van der Waals surface area (Å²) in [5, 5.41) is 6.07. The minimum Gasteiger partial charge on any atom is -0.375 e. The Bertz CT molecular complexity index is 1220. The average molecular weight is 447 g/mol. The minimum atomic E-state index is -0.699. The summed E-state index contributed by atoms with van der Waals surface area (Å²) in [5.74, 6) is 0.0537. The predicted octanol–water partition coefficient (Wildman–Crippen LogP) is 3.75. The van der Waals surface area contributed by atoms with Crippen LogP contribution in [0.2, 0.25) is 0 Å². The minimum absolute atomic E-state index is 0.00697. The van der Waals surface area contributed by atoms with Gasteiger partial charge in [-0.25, -0.2) is 4.79 Å². The number of benzene rings is 2. The number of rotatable bonds is 6. The fourth-order valence-electron chi connectivity index (χ4n) is 4.74. The highest BCUT2D eigenvalue weighted by Crippen LogP contribution is 2.32. The summed E-state index contributed by atoms with van der Waals surface area (Å²) >= 11 is 0. The van der Waals surface area contributed by atoms with E-state index in [1.54, 1.807) is 0 Å². The van der Waals surface area contributed by atoms with Gasteiger partial charge in [0.2, 0.25) is 0 Å². The highest BCUT2D eigenvalue weighted by atomic mass is 16.2. The van der Waals surface area contributed by atoms with Gasteiger partial charge in [-0.05, 0) is 56.6 Å². The van der Waals surface area contributed by atoms with Gasteiger partial charge in [0.25, 0.3) is 11.5 Å². The second-order valence-corrected chi connectivity index (χ2v) is 8.94. The maximum atomic E-state index is 13.0. The number of hydrogen-bond acceptors (Lipinski definition) is 4. The van der Waals surface area contributed by atoms with E-state index in [1.165, 1.54) is 5.56 Å². The molecule has 0 radical (unpaired) electrons. The van der Waals surface area contributed by atoms with Crippen LogP contribution in [-0.2, 0) is 6.54 Å². The quantitative estimate of drug-likeness (QED) is 0.463. The van der Waals surface area contributed by atoms with Crippen LogP contribution in [0.25, 0.3) is 0 Å². The Balaban J connectivity index is 1.45. The van der Waals surface area contributed by atoms with Gasteiger partial charge in [-0.3, -0.25) is 14.6 Å². The number of carbonyl (C=O) groups excluding carboxylic acids is 1. The van der Waals surface area contributed by atoms with Crippen LogP contribution in [0.3, 0.4) is 0 Å². The third kappa shape index (κ3) is 5.61. The zero-order valence-electron chi connectivity index (χ0n) is 19.0. The summed E-state index contributed by atoms with van der Waals surface area (Å²) in [6.07, 6.45) is 3.67. The van der Waals surface area contributed by atoms with Crippen molar-refractivity contribution in [2.75, 3.05) is 5.32 Å². The monoisotopic (exact) mass is 446 g/mol. The summed E-state index contributed by atoms with van der Waals surface area (Å²) < 4.78 is 0. The molecule has 4 rings (SSSR count). The van der Waals surface area contributed by atoms with Crippen LogP contribution in [-0.4, -0.2) is 21.9 Å². The van der Waals surface area contributed by atoms with E-state index in [2.05, 4.69) is 50.9 Å². The Kier molecular flexibility index (Phi) is 6.77. The molecule has 1 fully saturated rings. The van der Waals surface area contributed by atoms with Crippen LogP contribution < -0.4 is 21.9 Å². The first-order valence-electron chi connectivity index (χ1n) is 11.4. The standard InChI is InChI=1S/C26H30N4O3/c1-16-12-17(2)14-18(13-16)15-27-22-23(29-26(33)30-24(22)31)25(32)28-21-10-8-20(9-11-21)19-6-4-3-5-7-19/h3-7,12-14,20-21,27H,8-11,15H2,1-2H3,(H,28,32)(H2,29,30,31,33). The summed E-state index contributed by atoms with van der Waals surface area (Å²) in [6, 6.07) is 16.5. The summed E-state index contributed by atoms with van der Waals surface area (Å²) in [6.45, 7) is 4.38. The number of H-pyrrole nitrogens is 2. The van der Waals surface area contributed by atoms with E-state index in [0.717, 1.165) is 42.4 Å². The number of anilines is 1. The summed E-state index contributed by atoms with van der Waals surface area (Å²) in [4.78, 5) is 42.2. The molecule has 1 aliphatic rings. The molecule has 4 N–H and O–H groups in total. The molecule has 172 valence electrons. The van der Waals surface area contributed by atoms with E-state index in [9.17, 15) is 14.4 Å². The largest absolute Gasteiger partial charge is 0.375 e. The van der Waals surface area contributed by atoms with E-state index in [-0.39, 0.29) is 17.4 Å². The molecule has 0 unspecified atom stereocenters. The van der Waals surface area contributed by atoms with Crippen molar-refractivity contribution in [2.24, 2.45) is 0 Å². The fraction of sp³-hybridized carbons (Fsp3) is 0.346. The molecule has 0 spiro atoms. The van der Waals surface area contributed by atoms with Crippen molar-refractivity contribution in [3.63, 3.8) is 0 Å². The first-order valence-corrected chi connectivity index (χ1v) is 11.4. The molecule has 3 aromatic rings. The van der Waals surface area contributed by atoms with Crippen molar-refractivity contribution in [1.82, 2.24) is 15.3 Å². The Morgan fingerprint density at radius 1 is 0.939 bits per heavy atom. The van der Waals surface area contributed by atoms with Gasteiger partial charge in [-0.1, -0.05) is 59.7 Å². The van der Waals surface area contributed by atoms with Gasteiger partial charge in [0.15, 0.2) is 0 Å². The highest BCUT2D eigenvalue weighted by Gasteiger charge is 2.25. The van der Waals surface area contributed by atoms with Gasteiger partial charge in [0.05, 0.1) is 0 Å². The molecule has 1 heterocycles. The smallest absolute Gasteiger partial charge is 0.326 e. The molecule has 1 aromatic heterocycles. The van der Waals surface area contributed by atoms with Crippen LogP contribution in [0.4, 0.5) is 5.69 Å². The number of carbonyl (C=O) groups is 1. The van der Waals surface area contributed by atoms with E-state index < -0.39 is 17.2 Å². The molecule has 7 nitrogen and oxygen atoms in total. The van der Waals surface area contributed by atoms with Crippen molar-refractivity contribution in [2.45, 2.75) is 58.0 Å². The number of aryl methyl sites for hydroxylation is 2. The first kappa shape index (κ1) is 22.6. The molecule has 0 aliphatic heterocycles. The normalized spacial score (nSPS) is 18.0. The Hall–Kier alpha value is -3.61. The molecule has 7 heteroatoms.